The van der Waals surface area contributed by atoms with Crippen LogP contribution < -0.4 is 5.32 Å². The second kappa shape index (κ2) is 13.4. The number of likely N-dealkylation sites (N-methyl/N-ethyl adjacent to an activating group) is 1. The molecule has 37 heavy (non-hydrogen) atoms. The van der Waals surface area contributed by atoms with Gasteiger partial charge in [0.1, 0.15) is 17.3 Å². The van der Waals surface area contributed by atoms with Crippen molar-refractivity contribution in [2.24, 2.45) is 5.92 Å². The zero-order valence-corrected chi connectivity index (χ0v) is 23.6. The molecule has 1 unspecified atom stereocenters. The van der Waals surface area contributed by atoms with E-state index in [1.54, 1.807) is 18.2 Å². The van der Waals surface area contributed by atoms with Gasteiger partial charge in [-0.15, -0.1) is 0 Å². The summed E-state index contributed by atoms with van der Waals surface area (Å²) in [5, 5.41) is 3.10. The lowest BCUT2D eigenvalue weighted by Crippen LogP contribution is -2.41. The van der Waals surface area contributed by atoms with Crippen LogP contribution in [-0.4, -0.2) is 70.5 Å². The Kier molecular flexibility index (Phi) is 10.8. The van der Waals surface area contributed by atoms with Crippen LogP contribution >= 0.6 is 23.2 Å². The van der Waals surface area contributed by atoms with Crippen LogP contribution in [0.2, 0.25) is 10.0 Å². The van der Waals surface area contributed by atoms with E-state index in [0.29, 0.717) is 5.92 Å². The second-order valence-corrected chi connectivity index (χ2v) is 12.4. The molecule has 0 radical (unpaired) electrons. The number of rotatable bonds is 11. The molecule has 1 aliphatic carbocycles. The van der Waals surface area contributed by atoms with Crippen LogP contribution in [0.1, 0.15) is 37.3 Å². The molecular weight excluding hydrogens is 540 g/mol. The van der Waals surface area contributed by atoms with Gasteiger partial charge in [0.15, 0.2) is 0 Å². The van der Waals surface area contributed by atoms with Crippen molar-refractivity contribution in [2.45, 2.75) is 42.7 Å². The Balaban J connectivity index is 1.42. The lowest BCUT2D eigenvalue weighted by Gasteiger charge is -2.37. The van der Waals surface area contributed by atoms with Gasteiger partial charge in [-0.2, -0.15) is 4.31 Å². The van der Waals surface area contributed by atoms with Crippen molar-refractivity contribution in [1.82, 2.24) is 14.5 Å². The summed E-state index contributed by atoms with van der Waals surface area (Å²) in [7, 11) is 1.52. The van der Waals surface area contributed by atoms with Crippen molar-refractivity contribution in [2.75, 3.05) is 40.9 Å². The smallest absolute Gasteiger partial charge is 0.246 e. The van der Waals surface area contributed by atoms with Crippen molar-refractivity contribution in [3.8, 4) is 0 Å². The maximum absolute atomic E-state index is 13.8. The normalized spacial score (nSPS) is 19.2. The predicted molar refractivity (Wildman–Crippen MR) is 144 cm³/mol. The molecule has 0 saturated heterocycles. The van der Waals surface area contributed by atoms with Gasteiger partial charge in [0.05, 0.1) is 16.7 Å². The molecule has 1 saturated carbocycles. The number of amides is 1. The molecular formula is C26H34Cl2FN3O4S. The number of hydrogen-bond donors (Lipinski definition) is 1. The molecule has 1 fully saturated rings. The van der Waals surface area contributed by atoms with E-state index in [0.717, 1.165) is 35.6 Å². The maximum Gasteiger partial charge on any atom is 0.246 e. The summed E-state index contributed by atoms with van der Waals surface area (Å²) in [6.07, 6.45) is 3.49. The molecule has 0 aromatic heterocycles. The molecule has 2 aromatic rings. The fraction of sp³-hybridized carbons (Fsp3) is 0.500. The van der Waals surface area contributed by atoms with E-state index in [1.165, 1.54) is 25.2 Å². The van der Waals surface area contributed by atoms with Crippen molar-refractivity contribution in [3.05, 3.63) is 63.9 Å². The van der Waals surface area contributed by atoms with E-state index in [2.05, 4.69) is 10.2 Å². The van der Waals surface area contributed by atoms with E-state index < -0.39 is 10.0 Å². The van der Waals surface area contributed by atoms with Crippen LogP contribution in [-0.2, 0) is 19.6 Å². The highest BCUT2D eigenvalue weighted by atomic mass is 35.5. The van der Waals surface area contributed by atoms with Gasteiger partial charge >= 0.3 is 0 Å². The minimum Gasteiger partial charge on any atom is -0.370 e. The van der Waals surface area contributed by atoms with Gasteiger partial charge in [-0.1, -0.05) is 41.4 Å². The first kappa shape index (κ1) is 29.8. The second-order valence-electron chi connectivity index (χ2n) is 9.57. The van der Waals surface area contributed by atoms with Gasteiger partial charge in [-0.25, -0.2) is 12.8 Å². The quantitative estimate of drug-likeness (QED) is 0.392. The van der Waals surface area contributed by atoms with Crippen LogP contribution in [0.4, 0.5) is 4.39 Å². The third-order valence-corrected chi connectivity index (χ3v) is 9.51. The molecule has 1 aliphatic rings. The molecule has 11 heteroatoms. The lowest BCUT2D eigenvalue weighted by atomic mass is 9.78. The molecule has 1 atom stereocenters. The van der Waals surface area contributed by atoms with Crippen molar-refractivity contribution >= 4 is 39.1 Å². The maximum atomic E-state index is 13.8. The molecule has 0 aliphatic heterocycles. The Labute approximate surface area is 228 Å². The molecule has 3 rings (SSSR count). The highest BCUT2D eigenvalue weighted by Gasteiger charge is 2.31. The molecule has 2 aromatic carbocycles. The molecule has 0 heterocycles. The summed E-state index contributed by atoms with van der Waals surface area (Å²) in [6, 6.07) is 11.4. The van der Waals surface area contributed by atoms with Crippen molar-refractivity contribution in [1.29, 1.82) is 0 Å². The predicted octanol–water partition coefficient (Wildman–Crippen LogP) is 4.75. The zero-order chi connectivity index (χ0) is 27.2. The summed E-state index contributed by atoms with van der Waals surface area (Å²) in [4.78, 5) is 14.4. The Hall–Kier alpha value is -1.75. The Morgan fingerprint density at radius 2 is 1.70 bits per heavy atom. The third kappa shape index (κ3) is 7.88. The summed E-state index contributed by atoms with van der Waals surface area (Å²) in [5.41, 5.74) is 0.967. The van der Waals surface area contributed by atoms with E-state index in [9.17, 15) is 17.6 Å². The van der Waals surface area contributed by atoms with Crippen LogP contribution in [0.5, 0.6) is 0 Å². The average molecular weight is 575 g/mol. The first-order valence-electron chi connectivity index (χ1n) is 12.2. The average Bonchev–Trinajstić information content (AvgIpc) is 2.82. The molecule has 7 nitrogen and oxygen atoms in total. The van der Waals surface area contributed by atoms with Gasteiger partial charge in [-0.3, -0.25) is 4.79 Å². The number of ether oxygens (including phenoxy) is 1. The molecule has 1 N–H and O–H groups in total. The molecule has 0 spiro atoms. The van der Waals surface area contributed by atoms with Crippen LogP contribution in [0, 0.1) is 11.7 Å². The summed E-state index contributed by atoms with van der Waals surface area (Å²) in [6.45, 7) is -0.0886. The third-order valence-electron chi connectivity index (χ3n) is 6.70. The number of benzene rings is 2. The Morgan fingerprint density at radius 3 is 2.30 bits per heavy atom. The minimum atomic E-state index is -3.90. The Morgan fingerprint density at radius 1 is 1.08 bits per heavy atom. The number of halogens is 3. The van der Waals surface area contributed by atoms with Gasteiger partial charge < -0.3 is 15.0 Å². The van der Waals surface area contributed by atoms with Gasteiger partial charge in [-0.05, 0) is 75.5 Å². The van der Waals surface area contributed by atoms with Crippen molar-refractivity contribution in [3.63, 3.8) is 0 Å². The van der Waals surface area contributed by atoms with E-state index in [-0.39, 0.29) is 58.5 Å². The first-order chi connectivity index (χ1) is 17.5. The number of hydrogen-bond acceptors (Lipinski definition) is 5. The number of carbonyl (C=O) groups excluding carboxylic acids is 1. The largest absolute Gasteiger partial charge is 0.370 e. The van der Waals surface area contributed by atoms with Gasteiger partial charge in [0.25, 0.3) is 0 Å². The molecule has 0 bridgehead atoms. The SMILES string of the molecule is CN(C)C(c1cccc(F)c1)C1CCC(NC(=O)COCCN(C)S(=O)(=O)c2c(Cl)cccc2Cl)CC1. The minimum absolute atomic E-state index is 0.0360. The van der Waals surface area contributed by atoms with Crippen molar-refractivity contribution < 1.29 is 22.3 Å². The summed E-state index contributed by atoms with van der Waals surface area (Å²) in [5.74, 6) is -0.107. The lowest BCUT2D eigenvalue weighted by molar-refractivity contribution is -0.126. The van der Waals surface area contributed by atoms with Gasteiger partial charge in [0, 0.05) is 25.7 Å². The summed E-state index contributed by atoms with van der Waals surface area (Å²) < 4.78 is 45.9. The monoisotopic (exact) mass is 573 g/mol. The fourth-order valence-electron chi connectivity index (χ4n) is 4.89. The molecule has 1 amide bonds. The molecule has 204 valence electrons. The first-order valence-corrected chi connectivity index (χ1v) is 14.4. The Bertz CT molecular complexity index is 1150. The zero-order valence-electron chi connectivity index (χ0n) is 21.3. The number of nitrogens with zero attached hydrogens (tertiary/aromatic N) is 2. The van der Waals surface area contributed by atoms with Gasteiger partial charge in [0.2, 0.25) is 15.9 Å². The fourth-order valence-corrected chi connectivity index (χ4v) is 7.13. The summed E-state index contributed by atoms with van der Waals surface area (Å²) >= 11 is 12.1. The standard InChI is InChI=1S/C26H34Cl2FN3O4S/c1-31(2)25(19-6-4-7-20(29)16-19)18-10-12-21(13-11-18)30-24(33)17-36-15-14-32(3)37(34,35)26-22(27)8-5-9-23(26)28/h4-9,16,18,21,25H,10-15,17H2,1-3H3,(H,30,33). The van der Waals surface area contributed by atoms with Crippen LogP contribution in [0.3, 0.4) is 0 Å². The number of sulfonamides is 1. The van der Waals surface area contributed by atoms with E-state index in [4.69, 9.17) is 27.9 Å². The number of nitrogens with one attached hydrogen (secondary N) is 1. The van der Waals surface area contributed by atoms with Crippen LogP contribution in [0.15, 0.2) is 47.4 Å². The number of carbonyl (C=O) groups is 1. The topological polar surface area (TPSA) is 79.0 Å². The highest BCUT2D eigenvalue weighted by Crippen LogP contribution is 2.37. The highest BCUT2D eigenvalue weighted by molar-refractivity contribution is 7.89. The van der Waals surface area contributed by atoms with E-state index >= 15 is 0 Å². The van der Waals surface area contributed by atoms with Crippen LogP contribution in [0.25, 0.3) is 0 Å². The van der Waals surface area contributed by atoms with E-state index in [1.807, 2.05) is 20.2 Å².